The summed E-state index contributed by atoms with van der Waals surface area (Å²) in [5.74, 6) is 0.255. The van der Waals surface area contributed by atoms with E-state index >= 15 is 0 Å². The molecule has 0 bridgehead atoms. The van der Waals surface area contributed by atoms with E-state index in [0.29, 0.717) is 16.8 Å². The van der Waals surface area contributed by atoms with Gasteiger partial charge in [-0.05, 0) is 32.9 Å². The van der Waals surface area contributed by atoms with Crippen molar-refractivity contribution in [3.63, 3.8) is 0 Å². The molecule has 1 N–H and O–H groups in total. The fraction of sp³-hybridized carbons (Fsp3) is 0.600. The minimum Gasteiger partial charge on any atom is -0.493 e. The van der Waals surface area contributed by atoms with Crippen LogP contribution < -0.4 is 10.1 Å². The van der Waals surface area contributed by atoms with Crippen molar-refractivity contribution in [2.75, 3.05) is 13.2 Å². The van der Waals surface area contributed by atoms with E-state index in [1.807, 2.05) is 0 Å². The van der Waals surface area contributed by atoms with Crippen molar-refractivity contribution < 1.29 is 9.13 Å². The number of hydrogen-bond donors (Lipinski definition) is 1. The standard InChI is InChI=1S/C15H23BrFNO/c1-14(2,3)18-9-15(4,5)10-19-13-7-11(16)6-12(17)8-13/h6-8,18H,9-10H2,1-5H3. The van der Waals surface area contributed by atoms with Crippen LogP contribution in [0.15, 0.2) is 22.7 Å². The molecule has 0 radical (unpaired) electrons. The van der Waals surface area contributed by atoms with Crippen LogP contribution in [-0.4, -0.2) is 18.7 Å². The predicted octanol–water partition coefficient (Wildman–Crippen LogP) is 4.38. The highest BCUT2D eigenvalue weighted by Gasteiger charge is 2.22. The quantitative estimate of drug-likeness (QED) is 0.864. The molecule has 0 spiro atoms. The van der Waals surface area contributed by atoms with Crippen LogP contribution in [0.25, 0.3) is 0 Å². The largest absolute Gasteiger partial charge is 0.493 e. The van der Waals surface area contributed by atoms with Crippen LogP contribution >= 0.6 is 15.9 Å². The number of rotatable bonds is 5. The zero-order valence-electron chi connectivity index (χ0n) is 12.3. The molecule has 0 unspecified atom stereocenters. The van der Waals surface area contributed by atoms with Gasteiger partial charge in [-0.25, -0.2) is 4.39 Å². The van der Waals surface area contributed by atoms with E-state index < -0.39 is 0 Å². The van der Waals surface area contributed by atoms with Gasteiger partial charge in [-0.3, -0.25) is 0 Å². The summed E-state index contributed by atoms with van der Waals surface area (Å²) in [7, 11) is 0. The molecule has 1 rings (SSSR count). The zero-order valence-corrected chi connectivity index (χ0v) is 13.9. The van der Waals surface area contributed by atoms with Gasteiger partial charge in [-0.15, -0.1) is 0 Å². The second kappa shape index (κ2) is 6.23. The fourth-order valence-electron chi connectivity index (χ4n) is 1.45. The van der Waals surface area contributed by atoms with Crippen LogP contribution in [0.1, 0.15) is 34.6 Å². The molecular weight excluding hydrogens is 309 g/mol. The van der Waals surface area contributed by atoms with E-state index in [1.165, 1.54) is 12.1 Å². The minimum atomic E-state index is -0.296. The molecule has 0 aliphatic heterocycles. The third kappa shape index (κ3) is 6.92. The SMILES string of the molecule is CC(C)(CNC(C)(C)C)COc1cc(F)cc(Br)c1. The normalized spacial score (nSPS) is 12.6. The summed E-state index contributed by atoms with van der Waals surface area (Å²) in [6.45, 7) is 12.0. The second-order valence-electron chi connectivity index (χ2n) is 6.66. The second-order valence-corrected chi connectivity index (χ2v) is 7.58. The van der Waals surface area contributed by atoms with Gasteiger partial charge < -0.3 is 10.1 Å². The molecule has 1 aromatic carbocycles. The van der Waals surface area contributed by atoms with Gasteiger partial charge in [0.25, 0.3) is 0 Å². The van der Waals surface area contributed by atoms with Crippen molar-refractivity contribution in [2.45, 2.75) is 40.2 Å². The Hall–Kier alpha value is -0.610. The molecule has 2 nitrogen and oxygen atoms in total. The van der Waals surface area contributed by atoms with E-state index in [0.717, 1.165) is 6.54 Å². The molecule has 1 aromatic rings. The molecule has 0 heterocycles. The van der Waals surface area contributed by atoms with Crippen LogP contribution in [0.2, 0.25) is 0 Å². The lowest BCUT2D eigenvalue weighted by Gasteiger charge is -2.30. The van der Waals surface area contributed by atoms with Crippen LogP contribution in [-0.2, 0) is 0 Å². The third-order valence-electron chi connectivity index (χ3n) is 2.56. The van der Waals surface area contributed by atoms with E-state index in [-0.39, 0.29) is 16.8 Å². The van der Waals surface area contributed by atoms with E-state index in [1.54, 1.807) is 6.07 Å². The first kappa shape index (κ1) is 16.4. The molecule has 0 atom stereocenters. The lowest BCUT2D eigenvalue weighted by molar-refractivity contribution is 0.165. The van der Waals surface area contributed by atoms with Gasteiger partial charge in [0.05, 0.1) is 6.61 Å². The molecule has 4 heteroatoms. The number of halogens is 2. The maximum Gasteiger partial charge on any atom is 0.128 e. The summed E-state index contributed by atoms with van der Waals surface area (Å²) >= 11 is 3.26. The Bertz CT molecular complexity index is 406. The molecule has 0 aliphatic carbocycles. The molecule has 0 aliphatic rings. The van der Waals surface area contributed by atoms with Crippen molar-refractivity contribution in [3.8, 4) is 5.75 Å². The van der Waals surface area contributed by atoms with Gasteiger partial charge in [0, 0.05) is 28.0 Å². The maximum atomic E-state index is 13.2. The third-order valence-corrected chi connectivity index (χ3v) is 3.02. The smallest absolute Gasteiger partial charge is 0.128 e. The molecule has 0 amide bonds. The van der Waals surface area contributed by atoms with Crippen molar-refractivity contribution in [2.24, 2.45) is 5.41 Å². The Morgan fingerprint density at radius 3 is 2.32 bits per heavy atom. The number of nitrogens with one attached hydrogen (secondary N) is 1. The predicted molar refractivity (Wildman–Crippen MR) is 81.1 cm³/mol. The lowest BCUT2D eigenvalue weighted by Crippen LogP contribution is -2.43. The number of hydrogen-bond acceptors (Lipinski definition) is 2. The van der Waals surface area contributed by atoms with Gasteiger partial charge in [0.2, 0.25) is 0 Å². The topological polar surface area (TPSA) is 21.3 Å². The van der Waals surface area contributed by atoms with Crippen LogP contribution in [0.5, 0.6) is 5.75 Å². The van der Waals surface area contributed by atoms with Gasteiger partial charge >= 0.3 is 0 Å². The molecule has 108 valence electrons. The Morgan fingerprint density at radius 2 is 1.79 bits per heavy atom. The Morgan fingerprint density at radius 1 is 1.16 bits per heavy atom. The number of benzene rings is 1. The van der Waals surface area contributed by atoms with E-state index in [2.05, 4.69) is 55.9 Å². The molecule has 19 heavy (non-hydrogen) atoms. The summed E-state index contributed by atoms with van der Waals surface area (Å²) in [5.41, 5.74) is 0.0607. The molecule has 0 saturated heterocycles. The molecule has 0 saturated carbocycles. The van der Waals surface area contributed by atoms with Crippen LogP contribution in [0, 0.1) is 11.2 Å². The number of ether oxygens (including phenoxy) is 1. The summed E-state index contributed by atoms with van der Waals surface area (Å²) in [4.78, 5) is 0. The Balaban J connectivity index is 2.54. The Labute approximate surface area is 123 Å². The van der Waals surface area contributed by atoms with Crippen molar-refractivity contribution in [3.05, 3.63) is 28.5 Å². The fourth-order valence-corrected chi connectivity index (χ4v) is 1.89. The summed E-state index contributed by atoms with van der Waals surface area (Å²) in [5, 5.41) is 3.46. The summed E-state index contributed by atoms with van der Waals surface area (Å²) in [6, 6.07) is 4.59. The van der Waals surface area contributed by atoms with Gasteiger partial charge in [0.15, 0.2) is 0 Å². The van der Waals surface area contributed by atoms with Crippen molar-refractivity contribution in [1.82, 2.24) is 5.32 Å². The monoisotopic (exact) mass is 331 g/mol. The van der Waals surface area contributed by atoms with Gasteiger partial charge in [0.1, 0.15) is 11.6 Å². The zero-order chi connectivity index (χ0) is 14.7. The van der Waals surface area contributed by atoms with Crippen molar-refractivity contribution in [1.29, 1.82) is 0 Å². The van der Waals surface area contributed by atoms with Crippen LogP contribution in [0.4, 0.5) is 4.39 Å². The highest BCUT2D eigenvalue weighted by atomic mass is 79.9. The maximum absolute atomic E-state index is 13.2. The lowest BCUT2D eigenvalue weighted by atomic mass is 9.93. The van der Waals surface area contributed by atoms with Gasteiger partial charge in [-0.2, -0.15) is 0 Å². The van der Waals surface area contributed by atoms with Crippen LogP contribution in [0.3, 0.4) is 0 Å². The van der Waals surface area contributed by atoms with E-state index in [9.17, 15) is 4.39 Å². The molecular formula is C15H23BrFNO. The van der Waals surface area contributed by atoms with E-state index in [4.69, 9.17) is 4.74 Å². The average Bonchev–Trinajstić information content (AvgIpc) is 2.22. The average molecular weight is 332 g/mol. The highest BCUT2D eigenvalue weighted by Crippen LogP contribution is 2.23. The van der Waals surface area contributed by atoms with Gasteiger partial charge in [-0.1, -0.05) is 29.8 Å². The van der Waals surface area contributed by atoms with Crippen molar-refractivity contribution >= 4 is 15.9 Å². The molecule has 0 aromatic heterocycles. The summed E-state index contributed by atoms with van der Waals surface area (Å²) in [6.07, 6.45) is 0. The first-order chi connectivity index (χ1) is 8.57. The first-order valence-corrected chi connectivity index (χ1v) is 7.21. The summed E-state index contributed by atoms with van der Waals surface area (Å²) < 4.78 is 19.6. The highest BCUT2D eigenvalue weighted by molar-refractivity contribution is 9.10. The molecule has 0 fully saturated rings. The first-order valence-electron chi connectivity index (χ1n) is 6.41. The Kier molecular flexibility index (Phi) is 5.39. The minimum absolute atomic E-state index is 0.0218.